The summed E-state index contributed by atoms with van der Waals surface area (Å²) in [6.45, 7) is 2.35. The largest absolute Gasteiger partial charge is 0.476 e. The Morgan fingerprint density at radius 3 is 2.71 bits per heavy atom. The molecule has 1 aliphatic rings. The highest BCUT2D eigenvalue weighted by atomic mass is 32.2. The third kappa shape index (κ3) is 5.20. The average molecular weight is 421 g/mol. The molecular weight excluding hydrogens is 396 g/mol. The first-order chi connectivity index (χ1) is 13.3. The Balaban J connectivity index is 1.56. The molecule has 150 valence electrons. The molecule has 6 nitrogen and oxygen atoms in total. The Bertz CT molecular complexity index is 932. The van der Waals surface area contributed by atoms with Crippen LogP contribution >= 0.6 is 11.8 Å². The van der Waals surface area contributed by atoms with Crippen molar-refractivity contribution in [3.05, 3.63) is 59.7 Å². The molecule has 0 bridgehead atoms. The Morgan fingerprint density at radius 1 is 1.25 bits per heavy atom. The van der Waals surface area contributed by atoms with Crippen LogP contribution in [0.3, 0.4) is 0 Å². The summed E-state index contributed by atoms with van der Waals surface area (Å²) >= 11 is 1.73. The molecule has 3 rings (SSSR count). The van der Waals surface area contributed by atoms with Crippen molar-refractivity contribution in [2.75, 3.05) is 29.4 Å². The molecule has 1 atom stereocenters. The van der Waals surface area contributed by atoms with Crippen LogP contribution in [0.1, 0.15) is 11.1 Å². The van der Waals surface area contributed by atoms with Gasteiger partial charge in [-0.25, -0.2) is 8.42 Å². The lowest BCUT2D eigenvalue weighted by Crippen LogP contribution is -2.50. The highest BCUT2D eigenvalue weighted by molar-refractivity contribution is 7.98. The lowest BCUT2D eigenvalue weighted by Gasteiger charge is -2.34. The van der Waals surface area contributed by atoms with Crippen LogP contribution in [0.15, 0.2) is 48.5 Å². The van der Waals surface area contributed by atoms with Crippen molar-refractivity contribution in [1.29, 1.82) is 0 Å². The van der Waals surface area contributed by atoms with Crippen molar-refractivity contribution in [2.24, 2.45) is 0 Å². The zero-order valence-corrected chi connectivity index (χ0v) is 17.6. The van der Waals surface area contributed by atoms with Crippen LogP contribution in [-0.4, -0.2) is 45.5 Å². The van der Waals surface area contributed by atoms with Gasteiger partial charge < -0.3 is 10.1 Å². The smallest absolute Gasteiger partial charge is 0.263 e. The fraction of sp³-hybridized carbons (Fsp3) is 0.350. The van der Waals surface area contributed by atoms with Gasteiger partial charge in [0.2, 0.25) is 10.0 Å². The van der Waals surface area contributed by atoms with Gasteiger partial charge in [0.05, 0.1) is 18.5 Å². The van der Waals surface area contributed by atoms with Crippen molar-refractivity contribution in [1.82, 2.24) is 5.32 Å². The van der Waals surface area contributed by atoms with Gasteiger partial charge in [0.25, 0.3) is 5.91 Å². The van der Waals surface area contributed by atoms with Gasteiger partial charge in [-0.2, -0.15) is 11.8 Å². The molecule has 0 aromatic heterocycles. The second kappa shape index (κ2) is 8.87. The molecule has 0 saturated heterocycles. The summed E-state index contributed by atoms with van der Waals surface area (Å²) in [6.07, 6.45) is 0.267. The zero-order valence-electron chi connectivity index (χ0n) is 15.9. The third-order valence-corrected chi connectivity index (χ3v) is 6.51. The van der Waals surface area contributed by atoms with E-state index < -0.39 is 16.1 Å². The minimum atomic E-state index is -3.51. The van der Waals surface area contributed by atoms with E-state index in [0.717, 1.165) is 23.3 Å². The van der Waals surface area contributed by atoms with Crippen molar-refractivity contribution in [3.63, 3.8) is 0 Å². The molecular formula is C20H24N2O4S2. The summed E-state index contributed by atoms with van der Waals surface area (Å²) in [4.78, 5) is 12.5. The molecule has 1 heterocycles. The SMILES string of the molecule is Cc1ccc2c(c1)N(S(C)(=O)=O)C[C@@H](C(=O)NCCSCc1ccccc1)O2. The summed E-state index contributed by atoms with van der Waals surface area (Å²) in [5.41, 5.74) is 2.64. The summed E-state index contributed by atoms with van der Waals surface area (Å²) in [7, 11) is -3.51. The van der Waals surface area contributed by atoms with Gasteiger partial charge in [0, 0.05) is 18.1 Å². The summed E-state index contributed by atoms with van der Waals surface area (Å²) in [5, 5.41) is 2.85. The van der Waals surface area contributed by atoms with E-state index in [4.69, 9.17) is 4.74 Å². The van der Waals surface area contributed by atoms with Gasteiger partial charge in [0.1, 0.15) is 5.75 Å². The summed E-state index contributed by atoms with van der Waals surface area (Å²) < 4.78 is 31.4. The number of carbonyl (C=O) groups is 1. The van der Waals surface area contributed by atoms with E-state index in [-0.39, 0.29) is 12.5 Å². The summed E-state index contributed by atoms with van der Waals surface area (Å²) in [6, 6.07) is 15.4. The number of amides is 1. The quantitative estimate of drug-likeness (QED) is 0.697. The first-order valence-electron chi connectivity index (χ1n) is 8.99. The number of benzene rings is 2. The van der Waals surface area contributed by atoms with Crippen LogP contribution < -0.4 is 14.4 Å². The van der Waals surface area contributed by atoms with Crippen LogP contribution in [0.5, 0.6) is 5.75 Å². The minimum absolute atomic E-state index is 0.0295. The molecule has 0 saturated carbocycles. The number of hydrogen-bond acceptors (Lipinski definition) is 5. The molecule has 0 unspecified atom stereocenters. The maximum atomic E-state index is 12.5. The van der Waals surface area contributed by atoms with Gasteiger partial charge in [-0.05, 0) is 30.2 Å². The predicted octanol–water partition coefficient (Wildman–Crippen LogP) is 2.57. The highest BCUT2D eigenvalue weighted by Crippen LogP contribution is 2.35. The lowest BCUT2D eigenvalue weighted by atomic mass is 10.1. The van der Waals surface area contributed by atoms with Crippen molar-refractivity contribution >= 4 is 33.4 Å². The number of aryl methyl sites for hydroxylation is 1. The van der Waals surface area contributed by atoms with E-state index in [1.54, 1.807) is 23.9 Å². The number of sulfonamides is 1. The zero-order chi connectivity index (χ0) is 20.1. The van der Waals surface area contributed by atoms with Gasteiger partial charge in [-0.15, -0.1) is 0 Å². The van der Waals surface area contributed by atoms with Gasteiger partial charge in [0.15, 0.2) is 6.10 Å². The highest BCUT2D eigenvalue weighted by Gasteiger charge is 2.34. The first kappa shape index (κ1) is 20.5. The number of rotatable bonds is 7. The first-order valence-corrected chi connectivity index (χ1v) is 12.0. The molecule has 2 aromatic rings. The van der Waals surface area contributed by atoms with Crippen molar-refractivity contribution in [3.8, 4) is 5.75 Å². The van der Waals surface area contributed by atoms with E-state index in [1.165, 1.54) is 9.87 Å². The Hall–Kier alpha value is -2.19. The maximum absolute atomic E-state index is 12.5. The summed E-state index contributed by atoms with van der Waals surface area (Å²) in [5.74, 6) is 1.74. The Morgan fingerprint density at radius 2 is 2.00 bits per heavy atom. The predicted molar refractivity (Wildman–Crippen MR) is 113 cm³/mol. The fourth-order valence-electron chi connectivity index (χ4n) is 2.94. The number of carbonyl (C=O) groups excluding carboxylic acids is 1. The molecule has 2 aromatic carbocycles. The van der Waals surface area contributed by atoms with Gasteiger partial charge >= 0.3 is 0 Å². The molecule has 28 heavy (non-hydrogen) atoms. The molecule has 0 radical (unpaired) electrons. The Kier molecular flexibility index (Phi) is 6.51. The van der Waals surface area contributed by atoms with E-state index in [0.29, 0.717) is 18.0 Å². The number of hydrogen-bond donors (Lipinski definition) is 1. The normalized spacial score (nSPS) is 16.2. The standard InChI is InChI=1S/C20H24N2O4S2/c1-15-8-9-18-17(12-15)22(28(2,24)25)13-19(26-18)20(23)21-10-11-27-14-16-6-4-3-5-7-16/h3-9,12,19H,10-11,13-14H2,1-2H3,(H,21,23)/t19-/m0/s1. The second-order valence-electron chi connectivity index (χ2n) is 6.70. The average Bonchev–Trinajstić information content (AvgIpc) is 2.66. The molecule has 1 amide bonds. The fourth-order valence-corrected chi connectivity index (χ4v) is 4.66. The number of nitrogens with zero attached hydrogens (tertiary/aromatic N) is 1. The number of anilines is 1. The van der Waals surface area contributed by atoms with E-state index in [1.807, 2.05) is 31.2 Å². The lowest BCUT2D eigenvalue weighted by molar-refractivity contribution is -0.127. The molecule has 1 N–H and O–H groups in total. The van der Waals surface area contributed by atoms with Crippen molar-refractivity contribution < 1.29 is 17.9 Å². The van der Waals surface area contributed by atoms with Crippen LogP contribution in [-0.2, 0) is 20.6 Å². The van der Waals surface area contributed by atoms with Crippen LogP contribution in [0.25, 0.3) is 0 Å². The van der Waals surface area contributed by atoms with Crippen LogP contribution in [0, 0.1) is 6.92 Å². The maximum Gasteiger partial charge on any atom is 0.263 e. The number of thioether (sulfide) groups is 1. The molecule has 1 aliphatic heterocycles. The number of ether oxygens (including phenoxy) is 1. The molecule has 0 aliphatic carbocycles. The van der Waals surface area contributed by atoms with E-state index in [9.17, 15) is 13.2 Å². The Labute approximate surface area is 170 Å². The van der Waals surface area contributed by atoms with E-state index >= 15 is 0 Å². The van der Waals surface area contributed by atoms with E-state index in [2.05, 4.69) is 17.4 Å². The number of fused-ring (bicyclic) bond motifs is 1. The van der Waals surface area contributed by atoms with Crippen LogP contribution in [0.4, 0.5) is 5.69 Å². The molecule has 8 heteroatoms. The monoisotopic (exact) mass is 420 g/mol. The topological polar surface area (TPSA) is 75.7 Å². The second-order valence-corrected chi connectivity index (χ2v) is 9.71. The van der Waals surface area contributed by atoms with Gasteiger partial charge in [-0.3, -0.25) is 9.10 Å². The van der Waals surface area contributed by atoms with Crippen LogP contribution in [0.2, 0.25) is 0 Å². The minimum Gasteiger partial charge on any atom is -0.476 e. The van der Waals surface area contributed by atoms with Crippen molar-refractivity contribution in [2.45, 2.75) is 18.8 Å². The third-order valence-electron chi connectivity index (χ3n) is 4.33. The molecule has 0 spiro atoms. The number of nitrogens with one attached hydrogen (secondary N) is 1. The molecule has 0 fully saturated rings. The van der Waals surface area contributed by atoms with Gasteiger partial charge in [-0.1, -0.05) is 36.4 Å².